The first-order chi connectivity index (χ1) is 22.5. The molecule has 1 N–H and O–H groups in total. The van der Waals surface area contributed by atoms with Gasteiger partial charge in [-0.25, -0.2) is 4.39 Å². The van der Waals surface area contributed by atoms with Crippen molar-refractivity contribution in [1.82, 2.24) is 29.8 Å². The van der Waals surface area contributed by atoms with Crippen LogP contribution in [-0.4, -0.2) is 87.1 Å². The van der Waals surface area contributed by atoms with E-state index in [9.17, 15) is 9.59 Å². The standard InChI is InChI=1S/C35H39FN6O4/c1-45-31-10-3-2-9-26(31)28-20-27(23-6-5-15-41(22-23)32(43)13-18-42-19-14-37-39-42)33(36)34-29(28)21-30(38-34)35(44)40-16-11-25(12-17-40)46-24-7-4-8-24/h2-3,6,9-10,14,19-21,24-25,38H,4-5,7-8,11-13,15-18,22H2,1H3. The van der Waals surface area contributed by atoms with Crippen molar-refractivity contribution in [2.75, 3.05) is 33.3 Å². The molecule has 3 aliphatic rings. The van der Waals surface area contributed by atoms with Gasteiger partial charge < -0.3 is 24.3 Å². The number of hydrogen-bond donors (Lipinski definition) is 1. The third kappa shape index (κ3) is 6.03. The average Bonchev–Trinajstić information content (AvgIpc) is 3.77. The van der Waals surface area contributed by atoms with Gasteiger partial charge in [-0.1, -0.05) is 29.5 Å². The molecule has 0 atom stereocenters. The van der Waals surface area contributed by atoms with Gasteiger partial charge in [0.25, 0.3) is 5.91 Å². The maximum absolute atomic E-state index is 16.6. The third-order valence-corrected chi connectivity index (χ3v) is 9.52. The second-order valence-corrected chi connectivity index (χ2v) is 12.4. The quantitative estimate of drug-likeness (QED) is 0.265. The van der Waals surface area contributed by atoms with Crippen LogP contribution in [0.2, 0.25) is 0 Å². The van der Waals surface area contributed by atoms with E-state index in [2.05, 4.69) is 15.3 Å². The van der Waals surface area contributed by atoms with Gasteiger partial charge >= 0.3 is 0 Å². The predicted molar refractivity (Wildman–Crippen MR) is 172 cm³/mol. The Balaban J connectivity index is 1.18. The number of amides is 2. The molecule has 10 nitrogen and oxygen atoms in total. The minimum Gasteiger partial charge on any atom is -0.496 e. The lowest BCUT2D eigenvalue weighted by Crippen LogP contribution is -2.42. The van der Waals surface area contributed by atoms with Crippen LogP contribution >= 0.6 is 0 Å². The number of halogens is 1. The maximum atomic E-state index is 16.6. The number of aromatic nitrogens is 4. The van der Waals surface area contributed by atoms with Gasteiger partial charge in [0.15, 0.2) is 5.82 Å². The number of ether oxygens (including phenoxy) is 2. The number of benzene rings is 2. The van der Waals surface area contributed by atoms with Gasteiger partial charge in [-0.3, -0.25) is 14.3 Å². The smallest absolute Gasteiger partial charge is 0.270 e. The predicted octanol–water partition coefficient (Wildman–Crippen LogP) is 5.45. The molecule has 4 heterocycles. The van der Waals surface area contributed by atoms with Crippen LogP contribution in [0.5, 0.6) is 5.75 Å². The highest BCUT2D eigenvalue weighted by molar-refractivity contribution is 6.05. The molecular weight excluding hydrogens is 587 g/mol. The summed E-state index contributed by atoms with van der Waals surface area (Å²) < 4.78 is 30.1. The molecule has 2 aromatic heterocycles. The largest absolute Gasteiger partial charge is 0.496 e. The van der Waals surface area contributed by atoms with Crippen LogP contribution in [0.4, 0.5) is 4.39 Å². The van der Waals surface area contributed by atoms with Gasteiger partial charge in [-0.05, 0) is 67.9 Å². The Labute approximate surface area is 267 Å². The molecule has 11 heteroatoms. The fraction of sp³-hybridized carbons (Fsp3) is 0.429. The number of nitrogens with zero attached hydrogens (tertiary/aromatic N) is 5. The zero-order valence-electron chi connectivity index (χ0n) is 26.1. The normalized spacial score (nSPS) is 17.7. The molecule has 240 valence electrons. The molecule has 0 radical (unpaired) electrons. The molecular formula is C35H39FN6O4. The Kier molecular flexibility index (Phi) is 8.57. The van der Waals surface area contributed by atoms with E-state index in [0.29, 0.717) is 61.1 Å². The summed E-state index contributed by atoms with van der Waals surface area (Å²) in [6, 6.07) is 11.2. The Morgan fingerprint density at radius 1 is 1.00 bits per heavy atom. The molecule has 0 bridgehead atoms. The number of para-hydroxylation sites is 1. The van der Waals surface area contributed by atoms with Crippen molar-refractivity contribution in [3.8, 4) is 16.9 Å². The summed E-state index contributed by atoms with van der Waals surface area (Å²) in [6.45, 7) is 2.48. The summed E-state index contributed by atoms with van der Waals surface area (Å²) in [7, 11) is 1.61. The first-order valence-electron chi connectivity index (χ1n) is 16.2. The molecule has 4 aromatic rings. The number of likely N-dealkylation sites (tertiary alicyclic amines) is 1. The number of H-pyrrole nitrogens is 1. The van der Waals surface area contributed by atoms with Crippen molar-refractivity contribution in [1.29, 1.82) is 0 Å². The van der Waals surface area contributed by atoms with Crippen LogP contribution in [0.1, 0.15) is 61.0 Å². The molecule has 2 fully saturated rings. The zero-order valence-corrected chi connectivity index (χ0v) is 26.1. The van der Waals surface area contributed by atoms with Gasteiger partial charge in [0, 0.05) is 55.3 Å². The summed E-state index contributed by atoms with van der Waals surface area (Å²) >= 11 is 0. The maximum Gasteiger partial charge on any atom is 0.270 e. The number of methoxy groups -OCH3 is 1. The van der Waals surface area contributed by atoms with E-state index in [1.807, 2.05) is 41.3 Å². The molecule has 2 aromatic carbocycles. The molecule has 7 rings (SSSR count). The monoisotopic (exact) mass is 626 g/mol. The second-order valence-electron chi connectivity index (χ2n) is 12.4. The Morgan fingerprint density at radius 2 is 1.80 bits per heavy atom. The van der Waals surface area contributed by atoms with Gasteiger partial charge in [0.1, 0.15) is 11.4 Å². The van der Waals surface area contributed by atoms with Crippen LogP contribution in [0, 0.1) is 5.82 Å². The van der Waals surface area contributed by atoms with Crippen molar-refractivity contribution in [3.63, 3.8) is 0 Å². The van der Waals surface area contributed by atoms with Gasteiger partial charge in [-0.15, -0.1) is 5.10 Å². The van der Waals surface area contributed by atoms with Gasteiger partial charge in [0.2, 0.25) is 5.91 Å². The minimum absolute atomic E-state index is 0.0258. The summed E-state index contributed by atoms with van der Waals surface area (Å²) in [4.78, 5) is 33.6. The Morgan fingerprint density at radius 3 is 2.54 bits per heavy atom. The fourth-order valence-electron chi connectivity index (χ4n) is 6.72. The van der Waals surface area contributed by atoms with E-state index in [1.54, 1.807) is 35.2 Å². The summed E-state index contributed by atoms with van der Waals surface area (Å²) in [6.07, 6.45) is 11.8. The molecule has 2 aliphatic heterocycles. The molecule has 1 aliphatic carbocycles. The van der Waals surface area contributed by atoms with Crippen molar-refractivity contribution < 1.29 is 23.5 Å². The first kappa shape index (κ1) is 30.2. The third-order valence-electron chi connectivity index (χ3n) is 9.52. The van der Waals surface area contributed by atoms with E-state index in [1.165, 1.54) is 6.42 Å². The van der Waals surface area contributed by atoms with Crippen molar-refractivity contribution in [3.05, 3.63) is 71.9 Å². The summed E-state index contributed by atoms with van der Waals surface area (Å²) in [5.41, 5.74) is 3.29. The van der Waals surface area contributed by atoms with E-state index < -0.39 is 5.82 Å². The highest BCUT2D eigenvalue weighted by atomic mass is 19.1. The molecule has 46 heavy (non-hydrogen) atoms. The number of aromatic amines is 1. The van der Waals surface area contributed by atoms with Crippen LogP contribution in [-0.2, 0) is 16.1 Å². The van der Waals surface area contributed by atoms with Crippen LogP contribution in [0.25, 0.3) is 27.6 Å². The lowest BCUT2D eigenvalue weighted by molar-refractivity contribution is -0.131. The number of aryl methyl sites for hydroxylation is 1. The highest BCUT2D eigenvalue weighted by Gasteiger charge is 2.30. The van der Waals surface area contributed by atoms with Crippen molar-refractivity contribution in [2.24, 2.45) is 0 Å². The van der Waals surface area contributed by atoms with Crippen LogP contribution in [0.3, 0.4) is 0 Å². The highest BCUT2D eigenvalue weighted by Crippen LogP contribution is 2.40. The molecule has 0 unspecified atom stereocenters. The number of carbonyl (C=O) groups is 2. The van der Waals surface area contributed by atoms with E-state index in [4.69, 9.17) is 9.47 Å². The molecule has 1 saturated carbocycles. The number of fused-ring (bicyclic) bond motifs is 1. The fourth-order valence-corrected chi connectivity index (χ4v) is 6.72. The number of carbonyl (C=O) groups excluding carboxylic acids is 2. The molecule has 2 amide bonds. The number of rotatable bonds is 9. The lowest BCUT2D eigenvalue weighted by Gasteiger charge is -2.36. The first-order valence-corrected chi connectivity index (χ1v) is 16.2. The van der Waals surface area contributed by atoms with Gasteiger partial charge in [0.05, 0.1) is 37.6 Å². The zero-order chi connectivity index (χ0) is 31.6. The SMILES string of the molecule is COc1ccccc1-c1cc(C2=CCCN(C(=O)CCn3ccnn3)C2)c(F)c2[nH]c(C(=O)N3CCC(OC4CCC4)CC3)cc12. The van der Waals surface area contributed by atoms with Crippen LogP contribution in [0.15, 0.2) is 54.9 Å². The topological polar surface area (TPSA) is 106 Å². The molecule has 0 spiro atoms. The van der Waals surface area contributed by atoms with Crippen LogP contribution < -0.4 is 4.74 Å². The Hall–Kier alpha value is -4.51. The second kappa shape index (κ2) is 13.1. The summed E-state index contributed by atoms with van der Waals surface area (Å²) in [5, 5.41) is 8.34. The Bertz CT molecular complexity index is 1750. The number of nitrogens with one attached hydrogen (secondary N) is 1. The molecule has 1 saturated heterocycles. The van der Waals surface area contributed by atoms with Gasteiger partial charge in [-0.2, -0.15) is 0 Å². The average molecular weight is 627 g/mol. The van der Waals surface area contributed by atoms with Crippen molar-refractivity contribution >= 4 is 28.3 Å². The summed E-state index contributed by atoms with van der Waals surface area (Å²) in [5.74, 6) is 0.0309. The van der Waals surface area contributed by atoms with E-state index >= 15 is 4.39 Å². The van der Waals surface area contributed by atoms with Crippen molar-refractivity contribution in [2.45, 2.75) is 63.7 Å². The lowest BCUT2D eigenvalue weighted by atomic mass is 9.93. The van der Waals surface area contributed by atoms with E-state index in [-0.39, 0.29) is 36.4 Å². The van der Waals surface area contributed by atoms with E-state index in [0.717, 1.165) is 42.4 Å². The number of hydrogen-bond acceptors (Lipinski definition) is 6. The number of piperidine rings is 1. The minimum atomic E-state index is -0.441.